The predicted octanol–water partition coefficient (Wildman–Crippen LogP) is 3.51. The zero-order valence-corrected chi connectivity index (χ0v) is 21.2. The molecule has 6 heteroatoms. The van der Waals surface area contributed by atoms with E-state index in [2.05, 4.69) is 71.1 Å². The van der Waals surface area contributed by atoms with Crippen LogP contribution in [0.15, 0.2) is 54.3 Å². The number of hydrogen-bond acceptors (Lipinski definition) is 5. The maximum atomic E-state index is 13.2. The number of amides is 1. The molecule has 2 aromatic rings. The van der Waals surface area contributed by atoms with E-state index in [1.807, 2.05) is 25.2 Å². The van der Waals surface area contributed by atoms with Crippen LogP contribution in [-0.2, 0) is 9.53 Å². The number of nitrogens with one attached hydrogen (secondary N) is 1. The predicted molar refractivity (Wildman–Crippen MR) is 139 cm³/mol. The average molecular weight is 463 g/mol. The summed E-state index contributed by atoms with van der Waals surface area (Å²) in [7, 11) is 3.70. The molecule has 1 N–H and O–H groups in total. The van der Waals surface area contributed by atoms with Gasteiger partial charge in [0.1, 0.15) is 11.7 Å². The van der Waals surface area contributed by atoms with Gasteiger partial charge in [0.15, 0.2) is 0 Å². The Hall–Kier alpha value is -2.99. The molecule has 34 heavy (non-hydrogen) atoms. The highest BCUT2D eigenvalue weighted by Gasteiger charge is 2.42. The van der Waals surface area contributed by atoms with E-state index in [0.29, 0.717) is 6.54 Å². The molecule has 182 valence electrons. The molecule has 2 aromatic carbocycles. The lowest BCUT2D eigenvalue weighted by molar-refractivity contribution is -0.125. The number of ether oxygens (including phenoxy) is 1. The van der Waals surface area contributed by atoms with E-state index >= 15 is 0 Å². The van der Waals surface area contributed by atoms with E-state index in [-0.39, 0.29) is 17.9 Å². The molecule has 1 fully saturated rings. The van der Waals surface area contributed by atoms with Gasteiger partial charge in [-0.25, -0.2) is 0 Å². The number of piperazine rings is 1. The van der Waals surface area contributed by atoms with Crippen molar-refractivity contribution in [3.8, 4) is 0 Å². The van der Waals surface area contributed by atoms with Crippen LogP contribution in [0.25, 0.3) is 5.70 Å². The monoisotopic (exact) mass is 462 g/mol. The molecule has 2 aliphatic rings. The van der Waals surface area contributed by atoms with E-state index in [4.69, 9.17) is 4.74 Å². The Balaban J connectivity index is 1.32. The smallest absolute Gasteiger partial charge is 0.232 e. The minimum atomic E-state index is -0.314. The first-order chi connectivity index (χ1) is 16.4. The third kappa shape index (κ3) is 4.78. The number of methoxy groups -OCH3 is 1. The first-order valence-electron chi connectivity index (χ1n) is 12.3. The number of anilines is 1. The Kier molecular flexibility index (Phi) is 7.47. The van der Waals surface area contributed by atoms with Gasteiger partial charge in [0.2, 0.25) is 5.91 Å². The number of benzene rings is 2. The molecular weight excluding hydrogens is 424 g/mol. The standard InChI is InChI=1S/C28H38N4O2/c1-20-10-9-13-24(21(20)2)32-18-16-31(17-19-32)15-14-29-28(33)25-22(3)30(4)26(27(25)34-5)23-11-7-6-8-12-23/h6-13,22,25H,14-19H2,1-5H3,(H,29,33). The highest BCUT2D eigenvalue weighted by molar-refractivity contribution is 5.87. The second-order valence-electron chi connectivity index (χ2n) is 9.45. The van der Waals surface area contributed by atoms with Gasteiger partial charge in [0.25, 0.3) is 0 Å². The molecule has 4 rings (SSSR count). The highest BCUT2D eigenvalue weighted by Crippen LogP contribution is 2.38. The molecule has 1 amide bonds. The van der Waals surface area contributed by atoms with Gasteiger partial charge in [0, 0.05) is 63.6 Å². The quantitative estimate of drug-likeness (QED) is 0.683. The van der Waals surface area contributed by atoms with E-state index in [1.165, 1.54) is 16.8 Å². The van der Waals surface area contributed by atoms with E-state index in [1.54, 1.807) is 7.11 Å². The summed E-state index contributed by atoms with van der Waals surface area (Å²) in [4.78, 5) is 20.3. The van der Waals surface area contributed by atoms with Crippen molar-refractivity contribution >= 4 is 17.3 Å². The molecule has 0 spiro atoms. The zero-order valence-electron chi connectivity index (χ0n) is 21.2. The van der Waals surface area contributed by atoms with Crippen LogP contribution in [0.1, 0.15) is 23.6 Å². The van der Waals surface area contributed by atoms with Gasteiger partial charge in [-0.2, -0.15) is 0 Å². The number of aryl methyl sites for hydroxylation is 1. The molecule has 0 saturated carbocycles. The van der Waals surface area contributed by atoms with Crippen LogP contribution in [0.3, 0.4) is 0 Å². The van der Waals surface area contributed by atoms with Crippen LogP contribution >= 0.6 is 0 Å². The first kappa shape index (κ1) is 24.1. The topological polar surface area (TPSA) is 48.1 Å². The molecule has 2 unspecified atom stereocenters. The van der Waals surface area contributed by atoms with Gasteiger partial charge in [-0.1, -0.05) is 42.5 Å². The fraction of sp³-hybridized carbons (Fsp3) is 0.464. The Bertz CT molecular complexity index is 1030. The summed E-state index contributed by atoms with van der Waals surface area (Å²) >= 11 is 0. The molecule has 1 saturated heterocycles. The van der Waals surface area contributed by atoms with Crippen molar-refractivity contribution in [2.75, 3.05) is 58.3 Å². The van der Waals surface area contributed by atoms with Crippen molar-refractivity contribution in [3.63, 3.8) is 0 Å². The van der Waals surface area contributed by atoms with Gasteiger partial charge in [-0.05, 0) is 38.0 Å². The highest BCUT2D eigenvalue weighted by atomic mass is 16.5. The summed E-state index contributed by atoms with van der Waals surface area (Å²) in [5.41, 5.74) is 6.13. The van der Waals surface area contributed by atoms with Crippen molar-refractivity contribution in [2.45, 2.75) is 26.8 Å². The maximum absolute atomic E-state index is 13.2. The summed E-state index contributed by atoms with van der Waals surface area (Å²) < 4.78 is 5.78. The lowest BCUT2D eigenvalue weighted by Crippen LogP contribution is -2.49. The van der Waals surface area contributed by atoms with Gasteiger partial charge in [-0.3, -0.25) is 9.69 Å². The molecular formula is C28H38N4O2. The minimum absolute atomic E-state index is 0.0336. The molecule has 0 aromatic heterocycles. The fourth-order valence-corrected chi connectivity index (χ4v) is 5.21. The average Bonchev–Trinajstić information content (AvgIpc) is 3.11. The fourth-order valence-electron chi connectivity index (χ4n) is 5.21. The van der Waals surface area contributed by atoms with Crippen LogP contribution in [0.5, 0.6) is 0 Å². The zero-order chi connectivity index (χ0) is 24.2. The summed E-state index contributed by atoms with van der Waals surface area (Å²) in [6, 6.07) is 16.7. The second-order valence-corrected chi connectivity index (χ2v) is 9.45. The number of rotatable bonds is 7. The largest absolute Gasteiger partial charge is 0.498 e. The molecule has 0 bridgehead atoms. The molecule has 2 atom stereocenters. The van der Waals surface area contributed by atoms with Crippen LogP contribution in [0.4, 0.5) is 5.69 Å². The van der Waals surface area contributed by atoms with Gasteiger partial charge in [-0.15, -0.1) is 0 Å². The number of carbonyl (C=O) groups excluding carboxylic acids is 1. The first-order valence-corrected chi connectivity index (χ1v) is 12.3. The van der Waals surface area contributed by atoms with Crippen molar-refractivity contribution in [3.05, 3.63) is 71.0 Å². The third-order valence-corrected chi connectivity index (χ3v) is 7.53. The van der Waals surface area contributed by atoms with Crippen molar-refractivity contribution < 1.29 is 9.53 Å². The van der Waals surface area contributed by atoms with Crippen LogP contribution in [-0.4, -0.2) is 75.2 Å². The molecule has 2 heterocycles. The summed E-state index contributed by atoms with van der Waals surface area (Å²) in [6.45, 7) is 12.0. The molecule has 2 aliphatic heterocycles. The Morgan fingerprint density at radius 3 is 2.41 bits per heavy atom. The Labute approximate surface area is 204 Å². The molecule has 0 aliphatic carbocycles. The lowest BCUT2D eigenvalue weighted by atomic mass is 10.00. The van der Waals surface area contributed by atoms with Crippen LogP contribution in [0, 0.1) is 19.8 Å². The van der Waals surface area contributed by atoms with Crippen molar-refractivity contribution in [2.24, 2.45) is 5.92 Å². The molecule has 6 nitrogen and oxygen atoms in total. The van der Waals surface area contributed by atoms with E-state index < -0.39 is 0 Å². The van der Waals surface area contributed by atoms with Crippen LogP contribution < -0.4 is 10.2 Å². The van der Waals surface area contributed by atoms with Crippen LogP contribution in [0.2, 0.25) is 0 Å². The van der Waals surface area contributed by atoms with Crippen molar-refractivity contribution in [1.82, 2.24) is 15.1 Å². The lowest BCUT2D eigenvalue weighted by Gasteiger charge is -2.37. The number of carbonyl (C=O) groups is 1. The molecule has 0 radical (unpaired) electrons. The summed E-state index contributed by atoms with van der Waals surface area (Å²) in [5.74, 6) is 0.475. The maximum Gasteiger partial charge on any atom is 0.232 e. The van der Waals surface area contributed by atoms with Gasteiger partial charge in [0.05, 0.1) is 12.8 Å². The SMILES string of the molecule is COC1=C(c2ccccc2)N(C)C(C)C1C(=O)NCCN1CCN(c2cccc(C)c2C)CC1. The Morgan fingerprint density at radius 2 is 1.74 bits per heavy atom. The van der Waals surface area contributed by atoms with Crippen molar-refractivity contribution in [1.29, 1.82) is 0 Å². The van der Waals surface area contributed by atoms with E-state index in [9.17, 15) is 4.79 Å². The Morgan fingerprint density at radius 1 is 1.03 bits per heavy atom. The number of hydrogen-bond donors (Lipinski definition) is 1. The number of nitrogens with zero attached hydrogens (tertiary/aromatic N) is 3. The third-order valence-electron chi connectivity index (χ3n) is 7.53. The summed E-state index contributed by atoms with van der Waals surface area (Å²) in [6.07, 6.45) is 0. The minimum Gasteiger partial charge on any atom is -0.498 e. The van der Waals surface area contributed by atoms with Gasteiger partial charge < -0.3 is 19.9 Å². The normalized spacial score (nSPS) is 21.2. The summed E-state index contributed by atoms with van der Waals surface area (Å²) in [5, 5.41) is 3.18. The van der Waals surface area contributed by atoms with E-state index in [0.717, 1.165) is 49.7 Å². The second kappa shape index (κ2) is 10.5. The van der Waals surface area contributed by atoms with Gasteiger partial charge >= 0.3 is 0 Å².